The second-order valence-corrected chi connectivity index (χ2v) is 4.90. The number of nitrogens with one attached hydrogen (secondary N) is 2. The van der Waals surface area contributed by atoms with Gasteiger partial charge in [-0.25, -0.2) is 0 Å². The Kier molecular flexibility index (Phi) is 4.27. The van der Waals surface area contributed by atoms with Crippen molar-refractivity contribution in [1.82, 2.24) is 15.6 Å². The van der Waals surface area contributed by atoms with Gasteiger partial charge in [-0.15, -0.1) is 0 Å². The first-order valence-corrected chi connectivity index (χ1v) is 6.35. The van der Waals surface area contributed by atoms with E-state index in [9.17, 15) is 18.0 Å². The molecule has 110 valence electrons. The van der Waals surface area contributed by atoms with E-state index < -0.39 is 23.9 Å². The molecule has 1 fully saturated rings. The van der Waals surface area contributed by atoms with Gasteiger partial charge in [-0.3, -0.25) is 9.78 Å². The fraction of sp³-hybridized carbons (Fsp3) is 0.538. The average Bonchev–Trinajstić information content (AvgIpc) is 2.86. The third-order valence-corrected chi connectivity index (χ3v) is 3.52. The van der Waals surface area contributed by atoms with Gasteiger partial charge in [0.25, 0.3) is 0 Å². The lowest BCUT2D eigenvalue weighted by Gasteiger charge is -2.20. The summed E-state index contributed by atoms with van der Waals surface area (Å²) in [4.78, 5) is 16.0. The van der Waals surface area contributed by atoms with Crippen LogP contribution in [0, 0.1) is 18.8 Å². The van der Waals surface area contributed by atoms with Crippen molar-refractivity contribution in [3.63, 3.8) is 0 Å². The Morgan fingerprint density at radius 3 is 2.90 bits per heavy atom. The Balaban J connectivity index is 1.97. The zero-order valence-electron chi connectivity index (χ0n) is 11.0. The molecule has 0 spiro atoms. The Labute approximate surface area is 114 Å². The summed E-state index contributed by atoms with van der Waals surface area (Å²) in [6.07, 6.45) is -2.77. The van der Waals surface area contributed by atoms with Crippen LogP contribution in [0.2, 0.25) is 0 Å². The maximum Gasteiger partial charge on any atom is 0.393 e. The fourth-order valence-electron chi connectivity index (χ4n) is 2.30. The molecule has 2 N–H and O–H groups in total. The highest BCUT2D eigenvalue weighted by atomic mass is 19.4. The molecule has 0 aromatic carbocycles. The van der Waals surface area contributed by atoms with Gasteiger partial charge in [0.15, 0.2) is 0 Å². The van der Waals surface area contributed by atoms with Crippen molar-refractivity contribution in [2.24, 2.45) is 11.8 Å². The summed E-state index contributed by atoms with van der Waals surface area (Å²) in [6.45, 7) is 1.83. The van der Waals surface area contributed by atoms with E-state index in [-0.39, 0.29) is 19.6 Å². The fourth-order valence-corrected chi connectivity index (χ4v) is 2.30. The lowest BCUT2D eigenvalue weighted by molar-refractivity contribution is -0.182. The summed E-state index contributed by atoms with van der Waals surface area (Å²) in [5, 5.41) is 5.17. The number of carbonyl (C=O) groups excluding carboxylic acids is 1. The maximum absolute atomic E-state index is 12.8. The first-order chi connectivity index (χ1) is 9.39. The highest BCUT2D eigenvalue weighted by Gasteiger charge is 2.49. The smallest absolute Gasteiger partial charge is 0.350 e. The molecule has 1 aliphatic rings. The topological polar surface area (TPSA) is 54.0 Å². The van der Waals surface area contributed by atoms with Crippen LogP contribution in [0.5, 0.6) is 0 Å². The Hall–Kier alpha value is -1.63. The molecule has 0 bridgehead atoms. The molecule has 4 nitrogen and oxygen atoms in total. The molecule has 2 atom stereocenters. The number of nitrogens with zero attached hydrogens (tertiary/aromatic N) is 1. The molecule has 0 radical (unpaired) electrons. The number of halogens is 3. The first kappa shape index (κ1) is 14.8. The van der Waals surface area contributed by atoms with E-state index in [1.807, 2.05) is 13.0 Å². The Morgan fingerprint density at radius 2 is 2.25 bits per heavy atom. The minimum atomic E-state index is -4.35. The first-order valence-electron chi connectivity index (χ1n) is 6.35. The number of amides is 1. The predicted molar refractivity (Wildman–Crippen MR) is 66.7 cm³/mol. The molecule has 1 amide bonds. The largest absolute Gasteiger partial charge is 0.393 e. The Morgan fingerprint density at radius 1 is 1.50 bits per heavy atom. The van der Waals surface area contributed by atoms with Gasteiger partial charge >= 0.3 is 6.18 Å². The highest BCUT2D eigenvalue weighted by molar-refractivity contribution is 5.79. The van der Waals surface area contributed by atoms with Crippen molar-refractivity contribution in [2.45, 2.75) is 19.6 Å². The van der Waals surface area contributed by atoms with Gasteiger partial charge in [0.1, 0.15) is 0 Å². The number of pyridine rings is 1. The monoisotopic (exact) mass is 287 g/mol. The van der Waals surface area contributed by atoms with Crippen LogP contribution < -0.4 is 10.6 Å². The van der Waals surface area contributed by atoms with Gasteiger partial charge in [0.2, 0.25) is 5.91 Å². The number of hydrogen-bond acceptors (Lipinski definition) is 3. The highest BCUT2D eigenvalue weighted by Crippen LogP contribution is 2.34. The summed E-state index contributed by atoms with van der Waals surface area (Å²) >= 11 is 0. The molecule has 0 aliphatic carbocycles. The second kappa shape index (κ2) is 5.78. The number of rotatable bonds is 3. The van der Waals surface area contributed by atoms with Crippen LogP contribution in [-0.4, -0.2) is 30.2 Å². The van der Waals surface area contributed by atoms with Crippen LogP contribution in [-0.2, 0) is 11.3 Å². The van der Waals surface area contributed by atoms with Crippen LogP contribution >= 0.6 is 0 Å². The van der Waals surface area contributed by atoms with E-state index in [0.717, 1.165) is 5.56 Å². The van der Waals surface area contributed by atoms with Crippen LogP contribution in [0.1, 0.15) is 11.3 Å². The summed E-state index contributed by atoms with van der Waals surface area (Å²) in [5.74, 6) is -3.27. The number of hydrogen-bond donors (Lipinski definition) is 2. The van der Waals surface area contributed by atoms with E-state index in [0.29, 0.717) is 5.69 Å². The third kappa shape index (κ3) is 3.27. The van der Waals surface area contributed by atoms with Gasteiger partial charge in [-0.05, 0) is 18.6 Å². The molecule has 1 aliphatic heterocycles. The molecular formula is C13H16F3N3O. The molecule has 2 rings (SSSR count). The van der Waals surface area contributed by atoms with Crippen molar-refractivity contribution in [3.05, 3.63) is 29.6 Å². The van der Waals surface area contributed by atoms with E-state index in [1.165, 1.54) is 0 Å². The summed E-state index contributed by atoms with van der Waals surface area (Å²) in [5.41, 5.74) is 1.56. The normalized spacial score (nSPS) is 22.8. The van der Waals surface area contributed by atoms with Gasteiger partial charge in [0.05, 0.1) is 24.1 Å². The molecule has 20 heavy (non-hydrogen) atoms. The second-order valence-electron chi connectivity index (χ2n) is 4.90. The lowest BCUT2D eigenvalue weighted by Crippen LogP contribution is -2.40. The summed E-state index contributed by atoms with van der Waals surface area (Å²) in [6, 6.07) is 3.60. The van der Waals surface area contributed by atoms with E-state index in [2.05, 4.69) is 15.6 Å². The lowest BCUT2D eigenvalue weighted by atomic mass is 9.94. The van der Waals surface area contributed by atoms with Gasteiger partial charge in [0, 0.05) is 19.3 Å². The number of aromatic nitrogens is 1. The van der Waals surface area contributed by atoms with E-state index in [1.54, 1.807) is 12.3 Å². The van der Waals surface area contributed by atoms with E-state index in [4.69, 9.17) is 0 Å². The summed E-state index contributed by atoms with van der Waals surface area (Å²) in [7, 11) is 0. The van der Waals surface area contributed by atoms with Gasteiger partial charge in [-0.2, -0.15) is 13.2 Å². The molecule has 2 heterocycles. The van der Waals surface area contributed by atoms with Crippen molar-refractivity contribution in [3.8, 4) is 0 Å². The predicted octanol–water partition coefficient (Wildman–Crippen LogP) is 1.40. The number of aryl methyl sites for hydroxylation is 1. The molecule has 0 saturated carbocycles. The van der Waals surface area contributed by atoms with Gasteiger partial charge in [-0.1, -0.05) is 6.07 Å². The van der Waals surface area contributed by atoms with Crippen molar-refractivity contribution in [1.29, 1.82) is 0 Å². The minimum absolute atomic E-state index is 0.0528. The molecular weight excluding hydrogens is 271 g/mol. The maximum atomic E-state index is 12.8. The number of alkyl halides is 3. The third-order valence-electron chi connectivity index (χ3n) is 3.52. The molecule has 1 saturated heterocycles. The van der Waals surface area contributed by atoms with Crippen molar-refractivity contribution >= 4 is 5.91 Å². The zero-order valence-corrected chi connectivity index (χ0v) is 11.0. The van der Waals surface area contributed by atoms with Crippen LogP contribution in [0.3, 0.4) is 0 Å². The van der Waals surface area contributed by atoms with Gasteiger partial charge < -0.3 is 10.6 Å². The van der Waals surface area contributed by atoms with Crippen LogP contribution in [0.4, 0.5) is 13.2 Å². The SMILES string of the molecule is Cc1cccnc1CNC(=O)[C@@H]1CNC[C@H]1C(F)(F)F. The quantitative estimate of drug-likeness (QED) is 0.883. The molecule has 7 heteroatoms. The van der Waals surface area contributed by atoms with Crippen LogP contribution in [0.15, 0.2) is 18.3 Å². The number of carbonyl (C=O) groups is 1. The molecule has 1 aromatic heterocycles. The van der Waals surface area contributed by atoms with Crippen molar-refractivity contribution in [2.75, 3.05) is 13.1 Å². The average molecular weight is 287 g/mol. The molecule has 0 unspecified atom stereocenters. The summed E-state index contributed by atoms with van der Waals surface area (Å²) < 4.78 is 38.3. The van der Waals surface area contributed by atoms with E-state index >= 15 is 0 Å². The van der Waals surface area contributed by atoms with Crippen molar-refractivity contribution < 1.29 is 18.0 Å². The van der Waals surface area contributed by atoms with Crippen LogP contribution in [0.25, 0.3) is 0 Å². The zero-order chi connectivity index (χ0) is 14.8. The Bertz CT molecular complexity index is 490. The minimum Gasteiger partial charge on any atom is -0.350 e. The standard InChI is InChI=1S/C13H16F3N3O/c1-8-3-2-4-18-11(8)7-19-12(20)9-5-17-6-10(9)13(14,15)16/h2-4,9-10,17H,5-7H2,1H3,(H,19,20)/t9-,10-/m1/s1. The molecule has 1 aromatic rings.